The molecule has 6 aromatic rings. The maximum atomic E-state index is 13.8. The number of carbonyl (C=O) groups excluding carboxylic acids is 1. The number of para-hydroxylation sites is 1. The lowest BCUT2D eigenvalue weighted by atomic mass is 9.52. The number of carbonyl (C=O) groups is 1. The van der Waals surface area contributed by atoms with E-state index in [0.717, 1.165) is 75.0 Å². The highest BCUT2D eigenvalue weighted by molar-refractivity contribution is 7.43. The van der Waals surface area contributed by atoms with Gasteiger partial charge in [0.25, 0.3) is 0 Å². The van der Waals surface area contributed by atoms with Crippen LogP contribution in [0.2, 0.25) is 0 Å². The van der Waals surface area contributed by atoms with Crippen molar-refractivity contribution in [2.75, 3.05) is 0 Å². The van der Waals surface area contributed by atoms with Crippen LogP contribution in [0, 0.1) is 11.8 Å². The minimum absolute atomic E-state index is 0.138. The van der Waals surface area contributed by atoms with Crippen LogP contribution < -0.4 is 13.6 Å². The van der Waals surface area contributed by atoms with Crippen LogP contribution in [0.25, 0.3) is 21.9 Å². The standard InChI is InChI=1S/C69H90O7P2/c1-61(2,3)38-30-43-44-31-39(62(4,5)6)35-50(66(16,17)18)57(44)73-78(72-56(43)49(34-38)65(13,14)15)75-59-52(68(22,23)24)37-48(64(10,11)12)46-33-41-29-40-32-45-47(63(7,8)9)36-51(67(19,20)21)58(54(45)69(40,41)55(46)59)74-77-71-53-28-26-25-27-42(53)60(70)76-77/h25-28,30-31,34-37,40-41H,29,32-33H2,1-24H3/t40-,41+,69?,77?/m1/s1. The van der Waals surface area contributed by atoms with E-state index in [2.05, 4.69) is 203 Å². The van der Waals surface area contributed by atoms with Gasteiger partial charge >= 0.3 is 22.8 Å². The smallest absolute Gasteiger partial charge is 0.408 e. The zero-order chi connectivity index (χ0) is 57.4. The molecule has 1 fully saturated rings. The van der Waals surface area contributed by atoms with Crippen LogP contribution in [0.3, 0.4) is 0 Å². The van der Waals surface area contributed by atoms with E-state index in [4.69, 9.17) is 26.5 Å². The molecule has 10 rings (SSSR count). The molecule has 1 aromatic heterocycles. The van der Waals surface area contributed by atoms with Gasteiger partial charge in [0, 0.05) is 49.6 Å². The number of hydrogen-bond donors (Lipinski definition) is 0. The van der Waals surface area contributed by atoms with Gasteiger partial charge < -0.3 is 26.5 Å². The summed E-state index contributed by atoms with van der Waals surface area (Å²) in [6.45, 7) is 55.5. The first kappa shape index (κ1) is 56.6. The first-order valence-corrected chi connectivity index (χ1v) is 30.9. The van der Waals surface area contributed by atoms with Gasteiger partial charge in [-0.05, 0) is 132 Å². The Labute approximate surface area is 470 Å². The number of fused-ring (bicyclic) bond motifs is 6. The molecule has 4 atom stereocenters. The van der Waals surface area contributed by atoms with Crippen LogP contribution in [0.4, 0.5) is 0 Å². The maximum absolute atomic E-state index is 13.8. The van der Waals surface area contributed by atoms with Crippen molar-refractivity contribution >= 4 is 44.8 Å². The van der Waals surface area contributed by atoms with Crippen molar-refractivity contribution in [3.63, 3.8) is 0 Å². The fraction of sp³-hybridized carbons (Fsp3) is 0.551. The Morgan fingerprint density at radius 2 is 0.859 bits per heavy atom. The Bertz CT molecular complexity index is 3400. The van der Waals surface area contributed by atoms with Gasteiger partial charge in [-0.3, -0.25) is 0 Å². The van der Waals surface area contributed by atoms with E-state index in [1.807, 2.05) is 18.2 Å². The molecule has 0 N–H and O–H groups in total. The molecule has 4 aliphatic rings. The molecule has 1 saturated carbocycles. The van der Waals surface area contributed by atoms with Crippen molar-refractivity contribution < 1.29 is 31.3 Å². The predicted molar refractivity (Wildman–Crippen MR) is 325 cm³/mol. The van der Waals surface area contributed by atoms with E-state index < -0.39 is 28.2 Å². The van der Waals surface area contributed by atoms with Crippen molar-refractivity contribution in [3.8, 4) is 17.2 Å². The van der Waals surface area contributed by atoms with Crippen molar-refractivity contribution in [1.29, 1.82) is 0 Å². The average Bonchev–Trinajstić information content (AvgIpc) is 3.90. The summed E-state index contributed by atoms with van der Waals surface area (Å²) in [4.78, 5) is 13.8. The van der Waals surface area contributed by atoms with Gasteiger partial charge in [-0.25, -0.2) is 4.79 Å². The Hall–Kier alpha value is -4.70. The van der Waals surface area contributed by atoms with Gasteiger partial charge in [0.1, 0.15) is 34.0 Å². The summed E-state index contributed by atoms with van der Waals surface area (Å²) in [5.74, 6) is 2.18. The SMILES string of the molecule is CC(C)(C)c1cc(C(C)(C)C)c2op(Oc3c(C(C)(C)C)cc(C(C)(C)C)c4c3C35c6c(c(C(C)(C)C)cc(C(C)(C)C)c6OP6OC(=O)c7ccccc7O6)C[C@H]3C[C@H]5C4)oc3c(C(C)(C)C)cc(C(C)(C)C)cc3c2c1. The van der Waals surface area contributed by atoms with Gasteiger partial charge in [0.05, 0.1) is 0 Å². The van der Waals surface area contributed by atoms with Gasteiger partial charge in [-0.15, -0.1) is 0 Å². The Kier molecular flexibility index (Phi) is 13.0. The summed E-state index contributed by atoms with van der Waals surface area (Å²) in [5.41, 5.74) is 14.3. The molecule has 1 spiro atoms. The minimum atomic E-state index is -2.17. The first-order valence-electron chi connectivity index (χ1n) is 28.7. The lowest BCUT2D eigenvalue weighted by molar-refractivity contribution is 0.0694. The first-order chi connectivity index (χ1) is 35.6. The summed E-state index contributed by atoms with van der Waals surface area (Å²) < 4.78 is 43.5. The van der Waals surface area contributed by atoms with Crippen molar-refractivity contribution in [2.24, 2.45) is 11.8 Å². The van der Waals surface area contributed by atoms with E-state index >= 15 is 0 Å². The second kappa shape index (κ2) is 17.9. The van der Waals surface area contributed by atoms with Gasteiger partial charge in [-0.1, -0.05) is 203 Å². The van der Waals surface area contributed by atoms with Crippen molar-refractivity contribution in [1.82, 2.24) is 0 Å². The quantitative estimate of drug-likeness (QED) is 0.163. The van der Waals surface area contributed by atoms with E-state index in [0.29, 0.717) is 11.3 Å². The molecule has 1 aliphatic heterocycles. The molecule has 0 radical (unpaired) electrons. The molecule has 9 heteroatoms. The lowest BCUT2D eigenvalue weighted by Crippen LogP contribution is -2.49. The number of hydrogen-bond acceptors (Lipinski definition) is 7. The Morgan fingerprint density at radius 1 is 0.462 bits per heavy atom. The van der Waals surface area contributed by atoms with Crippen molar-refractivity contribution in [3.05, 3.63) is 133 Å². The highest BCUT2D eigenvalue weighted by Crippen LogP contribution is 2.74. The lowest BCUT2D eigenvalue weighted by Gasteiger charge is -2.51. The summed E-state index contributed by atoms with van der Waals surface area (Å²) in [5, 5.41) is 2.08. The van der Waals surface area contributed by atoms with Crippen LogP contribution in [0.5, 0.6) is 17.2 Å². The van der Waals surface area contributed by atoms with Gasteiger partial charge in [-0.2, -0.15) is 0 Å². The molecular weight excluding hydrogens is 1000 g/mol. The molecule has 3 aliphatic carbocycles. The third-order valence-corrected chi connectivity index (χ3v) is 19.5. The maximum Gasteiger partial charge on any atom is 0.532 e. The van der Waals surface area contributed by atoms with E-state index in [1.165, 1.54) is 44.5 Å². The van der Waals surface area contributed by atoms with E-state index in [9.17, 15) is 4.79 Å². The monoisotopic (exact) mass is 1090 g/mol. The number of rotatable bonds is 4. The molecule has 78 heavy (non-hydrogen) atoms. The molecule has 7 nitrogen and oxygen atoms in total. The Morgan fingerprint density at radius 3 is 1.26 bits per heavy atom. The molecule has 0 amide bonds. The predicted octanol–water partition coefficient (Wildman–Crippen LogP) is 20.4. The van der Waals surface area contributed by atoms with Crippen LogP contribution in [-0.2, 0) is 66.1 Å². The highest BCUT2D eigenvalue weighted by Gasteiger charge is 2.68. The van der Waals surface area contributed by atoms with Crippen molar-refractivity contribution in [2.45, 2.75) is 234 Å². The zero-order valence-corrected chi connectivity index (χ0v) is 53.6. The summed E-state index contributed by atoms with van der Waals surface area (Å²) in [6, 6.07) is 21.7. The highest BCUT2D eigenvalue weighted by atomic mass is 31.2. The minimum Gasteiger partial charge on any atom is -0.408 e. The van der Waals surface area contributed by atoms with Crippen LogP contribution in [-0.4, -0.2) is 5.97 Å². The van der Waals surface area contributed by atoms with E-state index in [1.54, 1.807) is 6.07 Å². The third-order valence-electron chi connectivity index (χ3n) is 17.5. The largest absolute Gasteiger partial charge is 0.532 e. The second-order valence-corrected chi connectivity index (χ2v) is 33.8. The van der Waals surface area contributed by atoms with Crippen LogP contribution in [0.15, 0.2) is 69.1 Å². The van der Waals surface area contributed by atoms with Crippen LogP contribution in [0.1, 0.15) is 250 Å². The molecule has 418 valence electrons. The summed E-state index contributed by atoms with van der Waals surface area (Å²) in [7, 11) is -4.33. The van der Waals surface area contributed by atoms with Gasteiger partial charge in [0.2, 0.25) is 0 Å². The van der Waals surface area contributed by atoms with Gasteiger partial charge in [0.15, 0.2) is 0 Å². The van der Waals surface area contributed by atoms with E-state index in [-0.39, 0.29) is 55.2 Å². The molecular formula is C69H90O7P2. The molecule has 5 aromatic carbocycles. The molecule has 0 bridgehead atoms. The average molecular weight is 1090 g/mol. The topological polar surface area (TPSA) is 80.3 Å². The Balaban J connectivity index is 1.35. The normalized spacial score (nSPS) is 20.6. The molecule has 0 saturated heterocycles. The summed E-state index contributed by atoms with van der Waals surface area (Å²) >= 11 is 0. The fourth-order valence-corrected chi connectivity index (χ4v) is 15.5. The molecule has 2 heterocycles. The fourth-order valence-electron chi connectivity index (χ4n) is 13.3. The summed E-state index contributed by atoms with van der Waals surface area (Å²) in [6.07, 6.45) is 2.86. The zero-order valence-electron chi connectivity index (χ0n) is 51.8. The third kappa shape index (κ3) is 9.33. The molecule has 2 unspecified atom stereocenters. The number of benzene rings is 5. The second-order valence-electron chi connectivity index (χ2n) is 31.8. The van der Waals surface area contributed by atoms with Crippen LogP contribution >= 0.6 is 16.8 Å².